The molecular weight excluding hydrogens is 497 g/mol. The quantitative estimate of drug-likeness (QED) is 0.269. The summed E-state index contributed by atoms with van der Waals surface area (Å²) < 4.78 is 27.7. The summed E-state index contributed by atoms with van der Waals surface area (Å²) >= 11 is 0. The van der Waals surface area contributed by atoms with Crippen LogP contribution in [-0.2, 0) is 27.4 Å². The summed E-state index contributed by atoms with van der Waals surface area (Å²) in [6, 6.07) is 17.2. The molecule has 1 aliphatic heterocycles. The molecule has 1 N–H and O–H groups in total. The van der Waals surface area contributed by atoms with E-state index in [1.165, 1.54) is 22.5 Å². The van der Waals surface area contributed by atoms with Crippen LogP contribution in [0.3, 0.4) is 0 Å². The fourth-order valence-corrected chi connectivity index (χ4v) is 3.31. The standard InChI is InChI=1S/C21H23NO2.BrH.K.O3S/c1-14(20(23)24)17-11-9-16(10-12-17)13-22-15(2)21(3,4)18-7-5-6-8-19(18)22;;;1-4(2)3/h6-12,14H,13H2,1-4H3,(H,23,24);1H;;/q;;+1;/p-1. The van der Waals surface area contributed by atoms with Gasteiger partial charge in [-0.2, -0.15) is 18.2 Å². The molecule has 6 nitrogen and oxygen atoms in total. The fourth-order valence-electron chi connectivity index (χ4n) is 3.31. The van der Waals surface area contributed by atoms with Crippen LogP contribution in [0.2, 0.25) is 0 Å². The second-order valence-corrected chi connectivity index (χ2v) is 7.65. The van der Waals surface area contributed by atoms with Crippen LogP contribution in [0.4, 0.5) is 5.69 Å². The molecule has 1 atom stereocenters. The summed E-state index contributed by atoms with van der Waals surface area (Å²) in [6.45, 7) is 9.17. The Labute approximate surface area is 231 Å². The van der Waals surface area contributed by atoms with E-state index in [4.69, 9.17) is 17.7 Å². The van der Waals surface area contributed by atoms with E-state index >= 15 is 0 Å². The fraction of sp³-hybridized carbons (Fsp3) is 0.333. The van der Waals surface area contributed by atoms with Gasteiger partial charge in [0.15, 0.2) is 12.3 Å². The minimum atomic E-state index is -3.11. The Hall–Kier alpha value is -0.684. The maximum absolute atomic E-state index is 11.1. The predicted molar refractivity (Wildman–Crippen MR) is 105 cm³/mol. The number of hydrogen-bond acceptors (Lipinski definition) is 4. The van der Waals surface area contributed by atoms with E-state index in [-0.39, 0.29) is 73.8 Å². The molecule has 0 radical (unpaired) electrons. The molecule has 2 aromatic rings. The van der Waals surface area contributed by atoms with Crippen LogP contribution >= 0.6 is 0 Å². The van der Waals surface area contributed by atoms with Gasteiger partial charge in [-0.05, 0) is 12.5 Å². The van der Waals surface area contributed by atoms with Gasteiger partial charge in [0.1, 0.15) is 5.69 Å². The molecule has 2 aromatic carbocycles. The first kappa shape index (κ1) is 29.3. The zero-order valence-electron chi connectivity index (χ0n) is 17.6. The summed E-state index contributed by atoms with van der Waals surface area (Å²) in [5.41, 5.74) is 5.87. The number of carboxylic acids is 1. The van der Waals surface area contributed by atoms with Crippen LogP contribution in [0, 0.1) is 6.07 Å². The van der Waals surface area contributed by atoms with E-state index < -0.39 is 22.5 Å². The number of aliphatic carboxylic acids is 1. The number of hydrogen-bond donors (Lipinski definition) is 1. The van der Waals surface area contributed by atoms with Gasteiger partial charge in [-0.25, -0.2) is 4.58 Å². The molecule has 0 aromatic heterocycles. The predicted octanol–water partition coefficient (Wildman–Crippen LogP) is -2.72. The van der Waals surface area contributed by atoms with Crippen LogP contribution < -0.4 is 68.4 Å². The molecule has 0 spiro atoms. The summed E-state index contributed by atoms with van der Waals surface area (Å²) in [6.07, 6.45) is 0. The summed E-state index contributed by atoms with van der Waals surface area (Å²) in [5.74, 6) is -1.27. The second-order valence-electron chi connectivity index (χ2n) is 7.25. The van der Waals surface area contributed by atoms with Crippen molar-refractivity contribution in [1.29, 1.82) is 0 Å². The Kier molecular flexibility index (Phi) is 12.1. The number of rotatable bonds is 4. The first-order chi connectivity index (χ1) is 13.1. The molecule has 1 unspecified atom stereocenters. The molecule has 0 saturated carbocycles. The van der Waals surface area contributed by atoms with Gasteiger partial charge in [-0.3, -0.25) is 4.79 Å². The molecule has 1 aliphatic rings. The van der Waals surface area contributed by atoms with Gasteiger partial charge in [-0.15, -0.1) is 18.7 Å². The van der Waals surface area contributed by atoms with Gasteiger partial charge in [0.2, 0.25) is 0 Å². The molecular formula is C21H23BrKNO5S. The van der Waals surface area contributed by atoms with Crippen molar-refractivity contribution < 1.29 is 95.5 Å². The van der Waals surface area contributed by atoms with Crippen molar-refractivity contribution in [3.05, 3.63) is 65.2 Å². The minimum Gasteiger partial charge on any atom is -1.00 e. The normalized spacial score (nSPS) is 14.3. The molecule has 0 aliphatic carbocycles. The van der Waals surface area contributed by atoms with Gasteiger partial charge in [-0.1, -0.05) is 43.7 Å². The van der Waals surface area contributed by atoms with Gasteiger partial charge in [0.05, 0.1) is 5.92 Å². The largest absolute Gasteiger partial charge is 1.00 e. The van der Waals surface area contributed by atoms with Crippen LogP contribution in [0.1, 0.15) is 50.3 Å². The van der Waals surface area contributed by atoms with Crippen LogP contribution in [-0.4, -0.2) is 34.0 Å². The number of benzene rings is 2. The maximum atomic E-state index is 11.1. The van der Waals surface area contributed by atoms with Crippen molar-refractivity contribution in [2.45, 2.75) is 45.6 Å². The number of carboxylic acid groups (broad SMARTS) is 1. The Morgan fingerprint density at radius 2 is 1.70 bits per heavy atom. The second kappa shape index (κ2) is 12.4. The summed E-state index contributed by atoms with van der Waals surface area (Å²) in [7, 11) is -3.11. The van der Waals surface area contributed by atoms with Gasteiger partial charge >= 0.3 is 68.0 Å². The van der Waals surface area contributed by atoms with Crippen molar-refractivity contribution >= 4 is 28.0 Å². The minimum absolute atomic E-state index is 0. The third-order valence-corrected chi connectivity index (χ3v) is 5.31. The van der Waals surface area contributed by atoms with Crippen LogP contribution in [0.25, 0.3) is 0 Å². The Bertz CT molecular complexity index is 1030. The SMILES string of the molecule is CC1=[N+](Cc2ccc(C(C)C(=O)O)cc2)c2cc[c-]cc2C1(C)C.O=S(=O)=O.[Br-].[K+]. The number of carbonyl (C=O) groups is 1. The molecule has 0 saturated heterocycles. The zero-order valence-corrected chi connectivity index (χ0v) is 23.2. The third-order valence-electron chi connectivity index (χ3n) is 5.31. The third kappa shape index (κ3) is 6.91. The molecule has 30 heavy (non-hydrogen) atoms. The first-order valence-corrected chi connectivity index (χ1v) is 9.76. The Morgan fingerprint density at radius 1 is 1.17 bits per heavy atom. The average Bonchev–Trinajstić information content (AvgIpc) is 2.82. The topological polar surface area (TPSA) is 91.5 Å². The Balaban J connectivity index is 0.00000129. The molecule has 0 amide bonds. The zero-order chi connectivity index (χ0) is 21.1. The van der Waals surface area contributed by atoms with Crippen molar-refractivity contribution in [2.24, 2.45) is 0 Å². The van der Waals surface area contributed by atoms with Crippen molar-refractivity contribution in [3.63, 3.8) is 0 Å². The van der Waals surface area contributed by atoms with E-state index in [1.807, 2.05) is 30.3 Å². The van der Waals surface area contributed by atoms with Crippen molar-refractivity contribution in [1.82, 2.24) is 0 Å². The van der Waals surface area contributed by atoms with E-state index in [0.717, 1.165) is 12.1 Å². The molecule has 1 heterocycles. The summed E-state index contributed by atoms with van der Waals surface area (Å²) in [4.78, 5) is 11.1. The number of nitrogens with zero attached hydrogens (tertiary/aromatic N) is 1. The summed E-state index contributed by atoms with van der Waals surface area (Å²) in [5, 5.41) is 9.12. The molecule has 9 heteroatoms. The molecule has 0 bridgehead atoms. The number of halogens is 1. The van der Waals surface area contributed by atoms with E-state index in [2.05, 4.69) is 43.5 Å². The van der Waals surface area contributed by atoms with E-state index in [9.17, 15) is 4.79 Å². The van der Waals surface area contributed by atoms with Gasteiger partial charge in [0, 0.05) is 17.9 Å². The van der Waals surface area contributed by atoms with E-state index in [1.54, 1.807) is 6.92 Å². The molecule has 156 valence electrons. The average molecular weight is 520 g/mol. The smallest absolute Gasteiger partial charge is 1.00 e. The molecule has 3 rings (SSSR count). The first-order valence-electron chi connectivity index (χ1n) is 8.76. The van der Waals surface area contributed by atoms with Crippen molar-refractivity contribution in [3.8, 4) is 0 Å². The maximum Gasteiger partial charge on any atom is 1.00 e. The van der Waals surface area contributed by atoms with Gasteiger partial charge in [0.25, 0.3) is 0 Å². The molecule has 0 fully saturated rings. The van der Waals surface area contributed by atoms with Crippen LogP contribution in [0.5, 0.6) is 0 Å². The van der Waals surface area contributed by atoms with Crippen LogP contribution in [0.15, 0.2) is 42.5 Å². The number of fused-ring (bicyclic) bond motifs is 1. The van der Waals surface area contributed by atoms with Gasteiger partial charge < -0.3 is 22.1 Å². The van der Waals surface area contributed by atoms with E-state index in [0.29, 0.717) is 0 Å². The Morgan fingerprint density at radius 3 is 2.20 bits per heavy atom. The van der Waals surface area contributed by atoms with Crippen molar-refractivity contribution in [2.75, 3.05) is 0 Å². The monoisotopic (exact) mass is 519 g/mol.